The summed E-state index contributed by atoms with van der Waals surface area (Å²) in [4.78, 5) is 4.31. The molecule has 0 saturated heterocycles. The van der Waals surface area contributed by atoms with Crippen LogP contribution >= 0.6 is 0 Å². The molecular formula is C20H26N6O. The van der Waals surface area contributed by atoms with E-state index in [9.17, 15) is 0 Å². The summed E-state index contributed by atoms with van der Waals surface area (Å²) in [6.45, 7) is 5.63. The van der Waals surface area contributed by atoms with E-state index in [1.807, 2.05) is 40.9 Å². The average molecular weight is 366 g/mol. The van der Waals surface area contributed by atoms with Crippen molar-refractivity contribution in [2.24, 2.45) is 4.99 Å². The van der Waals surface area contributed by atoms with Crippen LogP contribution in [0.5, 0.6) is 5.75 Å². The van der Waals surface area contributed by atoms with Crippen LogP contribution in [0.1, 0.15) is 25.2 Å². The van der Waals surface area contributed by atoms with Gasteiger partial charge < -0.3 is 15.4 Å². The second kappa shape index (κ2) is 8.07. The number of hydrogen-bond donors (Lipinski definition) is 2. The second-order valence-corrected chi connectivity index (χ2v) is 6.94. The topological polar surface area (TPSA) is 75.8 Å². The maximum Gasteiger partial charge on any atom is 0.191 e. The van der Waals surface area contributed by atoms with Crippen LogP contribution < -0.4 is 15.4 Å². The molecule has 0 bridgehead atoms. The number of aromatic nitrogens is 3. The standard InChI is InChI=1S/C20H26N6O/c1-20(2,15-8-7-9-16(12-15)27-4)14-23-19(21-3)22-13-18-25-24-17-10-5-6-11-26(17)18/h5-12H,13-14H2,1-4H3,(H2,21,22,23). The van der Waals surface area contributed by atoms with E-state index in [0.717, 1.165) is 29.7 Å². The molecule has 27 heavy (non-hydrogen) atoms. The summed E-state index contributed by atoms with van der Waals surface area (Å²) < 4.78 is 7.30. The molecule has 1 aromatic carbocycles. The minimum atomic E-state index is -0.0896. The fraction of sp³-hybridized carbons (Fsp3) is 0.350. The zero-order valence-corrected chi connectivity index (χ0v) is 16.2. The van der Waals surface area contributed by atoms with Crippen molar-refractivity contribution in [2.45, 2.75) is 25.8 Å². The molecule has 0 aliphatic heterocycles. The highest BCUT2D eigenvalue weighted by Gasteiger charge is 2.21. The molecule has 142 valence electrons. The number of nitrogens with one attached hydrogen (secondary N) is 2. The van der Waals surface area contributed by atoms with Crippen molar-refractivity contribution >= 4 is 11.6 Å². The SMILES string of the molecule is CN=C(NCc1nnc2ccccn12)NCC(C)(C)c1cccc(OC)c1. The van der Waals surface area contributed by atoms with E-state index in [0.29, 0.717) is 6.54 Å². The third kappa shape index (κ3) is 4.36. The monoisotopic (exact) mass is 366 g/mol. The number of ether oxygens (including phenoxy) is 1. The number of rotatable bonds is 6. The highest BCUT2D eigenvalue weighted by atomic mass is 16.5. The summed E-state index contributed by atoms with van der Waals surface area (Å²) in [5.74, 6) is 2.42. The van der Waals surface area contributed by atoms with Gasteiger partial charge in [-0.25, -0.2) is 0 Å². The fourth-order valence-electron chi connectivity index (χ4n) is 2.85. The van der Waals surface area contributed by atoms with E-state index in [2.05, 4.69) is 51.8 Å². The third-order valence-corrected chi connectivity index (χ3v) is 4.57. The van der Waals surface area contributed by atoms with Gasteiger partial charge in [0.15, 0.2) is 17.4 Å². The van der Waals surface area contributed by atoms with Crippen LogP contribution in [0.25, 0.3) is 5.65 Å². The highest BCUT2D eigenvalue weighted by Crippen LogP contribution is 2.25. The number of pyridine rings is 1. The molecule has 0 saturated carbocycles. The van der Waals surface area contributed by atoms with E-state index in [1.165, 1.54) is 5.56 Å². The Morgan fingerprint density at radius 1 is 1.15 bits per heavy atom. The molecule has 0 spiro atoms. The third-order valence-electron chi connectivity index (χ3n) is 4.57. The van der Waals surface area contributed by atoms with Gasteiger partial charge in [-0.1, -0.05) is 32.0 Å². The first-order valence-electron chi connectivity index (χ1n) is 8.91. The van der Waals surface area contributed by atoms with Crippen LogP contribution in [0, 0.1) is 0 Å². The van der Waals surface area contributed by atoms with Crippen molar-refractivity contribution in [3.63, 3.8) is 0 Å². The molecular weight excluding hydrogens is 340 g/mol. The first kappa shape index (κ1) is 18.7. The smallest absolute Gasteiger partial charge is 0.191 e. The van der Waals surface area contributed by atoms with E-state index >= 15 is 0 Å². The Bertz CT molecular complexity index is 931. The zero-order chi connectivity index (χ0) is 19.3. The Hall–Kier alpha value is -3.09. The Balaban J connectivity index is 1.61. The summed E-state index contributed by atoms with van der Waals surface area (Å²) in [5.41, 5.74) is 1.94. The Morgan fingerprint density at radius 2 is 2.00 bits per heavy atom. The van der Waals surface area contributed by atoms with Crippen LogP contribution in [0.3, 0.4) is 0 Å². The van der Waals surface area contributed by atoms with Gasteiger partial charge in [-0.3, -0.25) is 9.39 Å². The molecule has 2 N–H and O–H groups in total. The van der Waals surface area contributed by atoms with Crippen LogP contribution in [-0.4, -0.2) is 41.3 Å². The van der Waals surface area contributed by atoms with Gasteiger partial charge in [0.05, 0.1) is 13.7 Å². The maximum absolute atomic E-state index is 5.34. The van der Waals surface area contributed by atoms with Crippen molar-refractivity contribution in [3.8, 4) is 5.75 Å². The van der Waals surface area contributed by atoms with Gasteiger partial charge in [0.2, 0.25) is 0 Å². The minimum Gasteiger partial charge on any atom is -0.497 e. The first-order chi connectivity index (χ1) is 13.0. The molecule has 2 heterocycles. The quantitative estimate of drug-likeness (QED) is 0.517. The summed E-state index contributed by atoms with van der Waals surface area (Å²) in [5, 5.41) is 15.1. The Labute approximate surface area is 159 Å². The van der Waals surface area contributed by atoms with E-state index in [1.54, 1.807) is 14.2 Å². The van der Waals surface area contributed by atoms with Gasteiger partial charge in [-0.15, -0.1) is 10.2 Å². The molecule has 3 rings (SSSR count). The molecule has 7 heteroatoms. The molecule has 0 aliphatic carbocycles. The lowest BCUT2D eigenvalue weighted by Crippen LogP contribution is -2.43. The summed E-state index contributed by atoms with van der Waals surface area (Å²) >= 11 is 0. The number of nitrogens with zero attached hydrogens (tertiary/aromatic N) is 4. The number of hydrogen-bond acceptors (Lipinski definition) is 4. The number of aliphatic imine (C=N–C) groups is 1. The van der Waals surface area contributed by atoms with Crippen molar-refractivity contribution in [3.05, 3.63) is 60.0 Å². The van der Waals surface area contributed by atoms with Crippen molar-refractivity contribution in [1.82, 2.24) is 25.2 Å². The zero-order valence-electron chi connectivity index (χ0n) is 16.2. The van der Waals surface area contributed by atoms with Crippen molar-refractivity contribution in [1.29, 1.82) is 0 Å². The Kier molecular flexibility index (Phi) is 5.59. The molecule has 0 radical (unpaired) electrons. The largest absolute Gasteiger partial charge is 0.497 e. The lowest BCUT2D eigenvalue weighted by atomic mass is 9.84. The number of guanidine groups is 1. The van der Waals surface area contributed by atoms with E-state index in [4.69, 9.17) is 4.74 Å². The van der Waals surface area contributed by atoms with Gasteiger partial charge in [0.1, 0.15) is 5.75 Å². The molecule has 0 amide bonds. The van der Waals surface area contributed by atoms with Crippen LogP contribution in [0.4, 0.5) is 0 Å². The highest BCUT2D eigenvalue weighted by molar-refractivity contribution is 5.79. The van der Waals surface area contributed by atoms with Gasteiger partial charge in [-0.05, 0) is 29.8 Å². The van der Waals surface area contributed by atoms with E-state index < -0.39 is 0 Å². The van der Waals surface area contributed by atoms with Crippen molar-refractivity contribution < 1.29 is 4.74 Å². The molecule has 0 unspecified atom stereocenters. The first-order valence-corrected chi connectivity index (χ1v) is 8.91. The normalized spacial score (nSPS) is 12.2. The second-order valence-electron chi connectivity index (χ2n) is 6.94. The van der Waals surface area contributed by atoms with Gasteiger partial charge in [-0.2, -0.15) is 0 Å². The molecule has 0 aliphatic rings. The lowest BCUT2D eigenvalue weighted by molar-refractivity contribution is 0.411. The van der Waals surface area contributed by atoms with Gasteiger partial charge in [0.25, 0.3) is 0 Å². The molecule has 0 atom stereocenters. The van der Waals surface area contributed by atoms with E-state index in [-0.39, 0.29) is 5.41 Å². The predicted molar refractivity (Wildman–Crippen MR) is 107 cm³/mol. The summed E-state index contributed by atoms with van der Waals surface area (Å²) in [6.07, 6.45) is 1.95. The van der Waals surface area contributed by atoms with Crippen molar-refractivity contribution in [2.75, 3.05) is 20.7 Å². The molecule has 3 aromatic rings. The average Bonchev–Trinajstić information content (AvgIpc) is 3.11. The lowest BCUT2D eigenvalue weighted by Gasteiger charge is -2.27. The minimum absolute atomic E-state index is 0.0896. The molecule has 2 aromatic heterocycles. The van der Waals surface area contributed by atoms with Gasteiger partial charge >= 0.3 is 0 Å². The number of methoxy groups -OCH3 is 1. The molecule has 0 fully saturated rings. The summed E-state index contributed by atoms with van der Waals surface area (Å²) in [6, 6.07) is 14.0. The molecule has 7 nitrogen and oxygen atoms in total. The van der Waals surface area contributed by atoms with Crippen LogP contribution in [-0.2, 0) is 12.0 Å². The number of benzene rings is 1. The van der Waals surface area contributed by atoms with Crippen LogP contribution in [0.2, 0.25) is 0 Å². The van der Waals surface area contributed by atoms with Crippen LogP contribution in [0.15, 0.2) is 53.7 Å². The summed E-state index contributed by atoms with van der Waals surface area (Å²) in [7, 11) is 3.44. The van der Waals surface area contributed by atoms with Gasteiger partial charge in [0, 0.05) is 25.2 Å². The number of fused-ring (bicyclic) bond motifs is 1. The Morgan fingerprint density at radius 3 is 2.78 bits per heavy atom. The maximum atomic E-state index is 5.34. The predicted octanol–water partition coefficient (Wildman–Crippen LogP) is 2.38. The fourth-order valence-corrected chi connectivity index (χ4v) is 2.85.